The second kappa shape index (κ2) is 7.12. The predicted molar refractivity (Wildman–Crippen MR) is 53.6 cm³/mol. The predicted octanol–water partition coefficient (Wildman–Crippen LogP) is 0.763. The average Bonchev–Trinajstić information content (AvgIpc) is 1.97. The standard InChI is InChI=1S/C6H14N2.2CH3.Al.H/c1-7-3-5-8(2)6-4-7;;;;/h3-6H2,1-2H3;2*1H3;;/q;;;+1;-1. The molecule has 11 heavy (non-hydrogen) atoms. The number of hydrogen-bond donors (Lipinski definition) is 0. The molecule has 1 fully saturated rings. The van der Waals surface area contributed by atoms with E-state index in [0.717, 1.165) is 15.2 Å². The summed E-state index contributed by atoms with van der Waals surface area (Å²) in [5.41, 5.74) is 0. The van der Waals surface area contributed by atoms with Gasteiger partial charge in [-0.15, -0.1) is 0 Å². The van der Waals surface area contributed by atoms with Gasteiger partial charge in [0.15, 0.2) is 0 Å². The van der Waals surface area contributed by atoms with E-state index in [9.17, 15) is 0 Å². The molecule has 1 saturated heterocycles. The second-order valence-corrected chi connectivity index (χ2v) is 4.34. The number of hydrogen-bond acceptors (Lipinski definition) is 2. The molecule has 0 atom stereocenters. The summed E-state index contributed by atoms with van der Waals surface area (Å²) in [6.07, 6.45) is 0. The Kier molecular flexibility index (Phi) is 7.41. The fourth-order valence-corrected chi connectivity index (χ4v) is 0.906. The molecule has 1 aliphatic rings. The van der Waals surface area contributed by atoms with Crippen molar-refractivity contribution in [2.75, 3.05) is 40.3 Å². The van der Waals surface area contributed by atoms with E-state index in [-0.39, 0.29) is 1.43 Å². The number of likely N-dealkylation sites (N-methyl/N-ethyl adjacent to an activating group) is 2. The van der Waals surface area contributed by atoms with E-state index in [1.807, 2.05) is 0 Å². The first-order chi connectivity index (χ1) is 5.20. The van der Waals surface area contributed by atoms with Gasteiger partial charge in [0.05, 0.1) is 0 Å². The summed E-state index contributed by atoms with van der Waals surface area (Å²) in [5.74, 6) is 4.42. The number of piperazine rings is 1. The zero-order valence-electron chi connectivity index (χ0n) is 9.30. The monoisotopic (exact) mass is 172 g/mol. The van der Waals surface area contributed by atoms with Crippen LogP contribution in [-0.2, 0) is 0 Å². The van der Waals surface area contributed by atoms with Crippen LogP contribution in [0.4, 0.5) is 0 Å². The third-order valence-electron chi connectivity index (χ3n) is 1.73. The second-order valence-electron chi connectivity index (χ2n) is 3.18. The van der Waals surface area contributed by atoms with Crippen LogP contribution in [0.1, 0.15) is 1.43 Å². The molecule has 0 saturated carbocycles. The maximum absolute atomic E-state index is 2.36. The Balaban J connectivity index is 0. The SMILES string of the molecule is CN1CCN(C)CC1.[CH3][Al+][CH3].[H-]. The van der Waals surface area contributed by atoms with Gasteiger partial charge >= 0.3 is 26.8 Å². The summed E-state index contributed by atoms with van der Waals surface area (Å²) in [4.78, 5) is 4.72. The number of rotatable bonds is 0. The summed E-state index contributed by atoms with van der Waals surface area (Å²) < 4.78 is 0. The molecule has 1 rings (SSSR count). The summed E-state index contributed by atoms with van der Waals surface area (Å²) >= 11 is 0.750. The first kappa shape index (κ1) is 11.5. The maximum atomic E-state index is 2.36. The van der Waals surface area contributed by atoms with Gasteiger partial charge in [-0.2, -0.15) is 0 Å². The van der Waals surface area contributed by atoms with Crippen molar-refractivity contribution in [2.45, 2.75) is 11.6 Å². The molecule has 0 aromatic carbocycles. The third kappa shape index (κ3) is 6.84. The Hall–Kier alpha value is 0.452. The molecule has 0 bridgehead atoms. The van der Waals surface area contributed by atoms with E-state index in [0.29, 0.717) is 0 Å². The van der Waals surface area contributed by atoms with E-state index in [1.165, 1.54) is 26.2 Å². The van der Waals surface area contributed by atoms with Gasteiger partial charge in [-0.1, -0.05) is 0 Å². The molecule has 66 valence electrons. The topological polar surface area (TPSA) is 6.48 Å². The van der Waals surface area contributed by atoms with E-state index in [1.54, 1.807) is 0 Å². The molecular weight excluding hydrogens is 151 g/mol. The Morgan fingerprint density at radius 2 is 1.09 bits per heavy atom. The molecule has 2 nitrogen and oxygen atoms in total. The molecule has 0 aromatic heterocycles. The van der Waals surface area contributed by atoms with Crippen molar-refractivity contribution in [3.8, 4) is 0 Å². The van der Waals surface area contributed by atoms with Crippen molar-refractivity contribution in [3.63, 3.8) is 0 Å². The van der Waals surface area contributed by atoms with Crippen LogP contribution >= 0.6 is 0 Å². The van der Waals surface area contributed by atoms with Crippen molar-refractivity contribution in [1.29, 1.82) is 0 Å². The Bertz CT molecular complexity index is 75.1. The van der Waals surface area contributed by atoms with Crippen LogP contribution in [0, 0.1) is 0 Å². The van der Waals surface area contributed by atoms with Gasteiger partial charge in [0.25, 0.3) is 0 Å². The zero-order valence-corrected chi connectivity index (χ0v) is 9.45. The van der Waals surface area contributed by atoms with E-state index < -0.39 is 0 Å². The van der Waals surface area contributed by atoms with E-state index >= 15 is 0 Å². The minimum Gasteiger partial charge on any atom is -1.00 e. The van der Waals surface area contributed by atoms with Crippen molar-refractivity contribution in [1.82, 2.24) is 9.80 Å². The Morgan fingerprint density at radius 1 is 0.909 bits per heavy atom. The Morgan fingerprint density at radius 3 is 1.27 bits per heavy atom. The third-order valence-corrected chi connectivity index (χ3v) is 1.73. The van der Waals surface area contributed by atoms with Crippen molar-refractivity contribution >= 4 is 15.2 Å². The van der Waals surface area contributed by atoms with Crippen LogP contribution in [0.3, 0.4) is 0 Å². The smallest absolute Gasteiger partial charge is 1.00 e. The Labute approximate surface area is 78.8 Å². The first-order valence-electron chi connectivity index (χ1n) is 4.31. The van der Waals surface area contributed by atoms with Crippen molar-refractivity contribution in [3.05, 3.63) is 0 Å². The van der Waals surface area contributed by atoms with E-state index in [2.05, 4.69) is 35.5 Å². The minimum atomic E-state index is 0. The first-order valence-corrected chi connectivity index (χ1v) is 6.62. The largest absolute Gasteiger partial charge is 1.00 e. The molecule has 1 heterocycles. The van der Waals surface area contributed by atoms with Crippen LogP contribution in [0.25, 0.3) is 0 Å². The normalized spacial score (nSPS) is 20.0. The fraction of sp³-hybridized carbons (Fsp3) is 1.00. The van der Waals surface area contributed by atoms with Crippen LogP contribution in [-0.4, -0.2) is 65.3 Å². The van der Waals surface area contributed by atoms with Crippen molar-refractivity contribution < 1.29 is 1.43 Å². The van der Waals surface area contributed by atoms with Gasteiger partial charge in [-0.05, 0) is 14.1 Å². The van der Waals surface area contributed by atoms with Crippen LogP contribution in [0.5, 0.6) is 0 Å². The molecular formula is C8H21AlN2. The molecule has 0 aromatic rings. The molecule has 1 aliphatic heterocycles. The summed E-state index contributed by atoms with van der Waals surface area (Å²) in [7, 11) is 4.35. The molecule has 0 unspecified atom stereocenters. The van der Waals surface area contributed by atoms with Gasteiger partial charge in [0.2, 0.25) is 0 Å². The molecule has 0 aliphatic carbocycles. The summed E-state index contributed by atoms with van der Waals surface area (Å²) in [6, 6.07) is 0. The fourth-order valence-electron chi connectivity index (χ4n) is 0.906. The van der Waals surface area contributed by atoms with Gasteiger partial charge in [-0.3, -0.25) is 0 Å². The molecule has 3 heteroatoms. The molecule has 0 amide bonds. The molecule has 0 N–H and O–H groups in total. The minimum absolute atomic E-state index is 0. The summed E-state index contributed by atoms with van der Waals surface area (Å²) in [6.45, 7) is 4.93. The zero-order chi connectivity index (χ0) is 8.69. The summed E-state index contributed by atoms with van der Waals surface area (Å²) in [5, 5.41) is 0. The number of nitrogens with zero attached hydrogens (tertiary/aromatic N) is 2. The van der Waals surface area contributed by atoms with Crippen LogP contribution in [0.15, 0.2) is 0 Å². The van der Waals surface area contributed by atoms with Crippen LogP contribution in [0.2, 0.25) is 11.6 Å². The van der Waals surface area contributed by atoms with Crippen LogP contribution < -0.4 is 0 Å². The average molecular weight is 172 g/mol. The van der Waals surface area contributed by atoms with Gasteiger partial charge < -0.3 is 11.2 Å². The van der Waals surface area contributed by atoms with Crippen molar-refractivity contribution in [2.24, 2.45) is 0 Å². The van der Waals surface area contributed by atoms with E-state index in [4.69, 9.17) is 0 Å². The quantitative estimate of drug-likeness (QED) is 0.498. The van der Waals surface area contributed by atoms with Gasteiger partial charge in [0, 0.05) is 26.2 Å². The molecule has 0 spiro atoms. The van der Waals surface area contributed by atoms with Gasteiger partial charge in [-0.25, -0.2) is 0 Å². The van der Waals surface area contributed by atoms with Gasteiger partial charge in [0.1, 0.15) is 0 Å². The maximum Gasteiger partial charge on any atom is -1.00 e. The molecule has 0 radical (unpaired) electrons.